The molecule has 1 aromatic heterocycles. The molecule has 0 spiro atoms. The van der Waals surface area contributed by atoms with Crippen LogP contribution < -0.4 is 15.5 Å². The molecule has 6 nitrogen and oxygen atoms in total. The zero-order chi connectivity index (χ0) is 12.3. The molecule has 6 heteroatoms. The Morgan fingerprint density at radius 3 is 2.47 bits per heavy atom. The fourth-order valence-electron chi connectivity index (χ4n) is 1.55. The molecule has 1 saturated carbocycles. The van der Waals surface area contributed by atoms with Crippen LogP contribution in [0.3, 0.4) is 0 Å². The first-order valence-electron chi connectivity index (χ1n) is 6.04. The molecule has 1 heterocycles. The average Bonchev–Trinajstić information content (AvgIpc) is 3.12. The largest absolute Gasteiger partial charge is 0.357 e. The van der Waals surface area contributed by atoms with E-state index in [-0.39, 0.29) is 0 Å². The Morgan fingerprint density at radius 1 is 1.18 bits per heavy atom. The lowest BCUT2D eigenvalue weighted by Crippen LogP contribution is -2.17. The highest BCUT2D eigenvalue weighted by Gasteiger charge is 2.20. The molecule has 0 bridgehead atoms. The first-order valence-corrected chi connectivity index (χ1v) is 6.04. The molecule has 0 amide bonds. The second-order valence-corrected chi connectivity index (χ2v) is 4.59. The fourth-order valence-corrected chi connectivity index (χ4v) is 1.55. The van der Waals surface area contributed by atoms with Crippen LogP contribution in [0.25, 0.3) is 0 Å². The molecule has 0 radical (unpaired) electrons. The van der Waals surface area contributed by atoms with E-state index < -0.39 is 0 Å². The van der Waals surface area contributed by atoms with Crippen LogP contribution in [-0.2, 0) is 0 Å². The summed E-state index contributed by atoms with van der Waals surface area (Å²) in [5.74, 6) is 2.83. The normalized spacial score (nSPS) is 14.5. The molecule has 17 heavy (non-hydrogen) atoms. The predicted molar refractivity (Wildman–Crippen MR) is 69.5 cm³/mol. The van der Waals surface area contributed by atoms with E-state index in [4.69, 9.17) is 0 Å². The first-order chi connectivity index (χ1) is 8.19. The van der Waals surface area contributed by atoms with Crippen LogP contribution in [-0.4, -0.2) is 42.6 Å². The van der Waals surface area contributed by atoms with Gasteiger partial charge in [-0.15, -0.1) is 0 Å². The van der Waals surface area contributed by atoms with Crippen LogP contribution in [0.15, 0.2) is 0 Å². The van der Waals surface area contributed by atoms with Crippen molar-refractivity contribution in [2.24, 2.45) is 5.92 Å². The first kappa shape index (κ1) is 11.9. The van der Waals surface area contributed by atoms with E-state index in [1.165, 1.54) is 19.3 Å². The van der Waals surface area contributed by atoms with E-state index in [2.05, 4.69) is 25.6 Å². The second kappa shape index (κ2) is 5.16. The highest BCUT2D eigenvalue weighted by molar-refractivity contribution is 5.42. The number of rotatable bonds is 6. The van der Waals surface area contributed by atoms with Crippen LogP contribution in [0, 0.1) is 5.92 Å². The number of nitrogens with zero attached hydrogens (tertiary/aromatic N) is 4. The third-order valence-corrected chi connectivity index (χ3v) is 2.78. The number of nitrogens with one attached hydrogen (secondary N) is 2. The third-order valence-electron chi connectivity index (χ3n) is 2.78. The Kier molecular flexibility index (Phi) is 3.61. The van der Waals surface area contributed by atoms with Gasteiger partial charge in [0.05, 0.1) is 0 Å². The number of aromatic nitrogens is 3. The molecular formula is C11H20N6. The maximum atomic E-state index is 4.35. The molecule has 0 unspecified atom stereocenters. The lowest BCUT2D eigenvalue weighted by atomic mass is 10.3. The number of anilines is 3. The molecule has 1 aliphatic carbocycles. The van der Waals surface area contributed by atoms with E-state index in [1.807, 2.05) is 26.0 Å². The van der Waals surface area contributed by atoms with Crippen LogP contribution in [0.5, 0.6) is 0 Å². The summed E-state index contributed by atoms with van der Waals surface area (Å²) < 4.78 is 0. The maximum Gasteiger partial charge on any atom is 0.231 e. The summed E-state index contributed by atoms with van der Waals surface area (Å²) in [6.45, 7) is 0.935. The Hall–Kier alpha value is -1.59. The highest BCUT2D eigenvalue weighted by Crippen LogP contribution is 2.31. The molecule has 1 fully saturated rings. The van der Waals surface area contributed by atoms with E-state index in [9.17, 15) is 0 Å². The second-order valence-electron chi connectivity index (χ2n) is 4.59. The Balaban J connectivity index is 2.00. The number of hydrogen-bond acceptors (Lipinski definition) is 6. The van der Waals surface area contributed by atoms with E-state index in [1.54, 1.807) is 0 Å². The van der Waals surface area contributed by atoms with Gasteiger partial charge in [0.1, 0.15) is 0 Å². The Morgan fingerprint density at radius 2 is 1.88 bits per heavy atom. The molecule has 0 saturated heterocycles. The van der Waals surface area contributed by atoms with Gasteiger partial charge in [-0.25, -0.2) is 0 Å². The van der Waals surface area contributed by atoms with Gasteiger partial charge < -0.3 is 15.5 Å². The van der Waals surface area contributed by atoms with E-state index in [0.29, 0.717) is 17.8 Å². The number of hydrogen-bond donors (Lipinski definition) is 2. The smallest absolute Gasteiger partial charge is 0.231 e. The van der Waals surface area contributed by atoms with Gasteiger partial charge in [-0.1, -0.05) is 12.8 Å². The lowest BCUT2D eigenvalue weighted by Gasteiger charge is -2.13. The minimum absolute atomic E-state index is 0.595. The minimum Gasteiger partial charge on any atom is -0.357 e. The van der Waals surface area contributed by atoms with Crippen molar-refractivity contribution in [3.8, 4) is 0 Å². The van der Waals surface area contributed by atoms with Gasteiger partial charge >= 0.3 is 0 Å². The molecule has 2 rings (SSSR count). The van der Waals surface area contributed by atoms with Crippen molar-refractivity contribution in [2.75, 3.05) is 43.2 Å². The van der Waals surface area contributed by atoms with Gasteiger partial charge in [0, 0.05) is 27.7 Å². The molecule has 0 aliphatic heterocycles. The highest BCUT2D eigenvalue weighted by atomic mass is 15.3. The molecule has 0 aromatic carbocycles. The SMILES string of the molecule is CNc1nc(NCCC2CC2)nc(N(C)C)n1. The lowest BCUT2D eigenvalue weighted by molar-refractivity contribution is 0.754. The summed E-state index contributed by atoms with van der Waals surface area (Å²) in [4.78, 5) is 14.8. The molecule has 1 aliphatic rings. The van der Waals surface area contributed by atoms with Crippen molar-refractivity contribution >= 4 is 17.8 Å². The summed E-state index contributed by atoms with van der Waals surface area (Å²) in [5.41, 5.74) is 0. The van der Waals surface area contributed by atoms with Crippen molar-refractivity contribution in [3.63, 3.8) is 0 Å². The summed E-state index contributed by atoms with van der Waals surface area (Å²) in [6, 6.07) is 0. The summed E-state index contributed by atoms with van der Waals surface area (Å²) >= 11 is 0. The Bertz CT molecular complexity index is 374. The predicted octanol–water partition coefficient (Wildman–Crippen LogP) is 1.19. The van der Waals surface area contributed by atoms with Crippen molar-refractivity contribution in [3.05, 3.63) is 0 Å². The van der Waals surface area contributed by atoms with E-state index in [0.717, 1.165) is 12.5 Å². The van der Waals surface area contributed by atoms with Crippen molar-refractivity contribution < 1.29 is 0 Å². The molecule has 2 N–H and O–H groups in total. The van der Waals surface area contributed by atoms with Crippen molar-refractivity contribution in [1.82, 2.24) is 15.0 Å². The van der Waals surface area contributed by atoms with Crippen molar-refractivity contribution in [2.45, 2.75) is 19.3 Å². The summed E-state index contributed by atoms with van der Waals surface area (Å²) in [6.07, 6.45) is 3.96. The van der Waals surface area contributed by atoms with E-state index >= 15 is 0 Å². The van der Waals surface area contributed by atoms with Crippen LogP contribution in [0.4, 0.5) is 17.8 Å². The van der Waals surface area contributed by atoms with Crippen molar-refractivity contribution in [1.29, 1.82) is 0 Å². The zero-order valence-electron chi connectivity index (χ0n) is 10.7. The fraction of sp³-hybridized carbons (Fsp3) is 0.727. The van der Waals surface area contributed by atoms with Crippen LogP contribution >= 0.6 is 0 Å². The average molecular weight is 236 g/mol. The van der Waals surface area contributed by atoms with Gasteiger partial charge in [-0.05, 0) is 12.3 Å². The van der Waals surface area contributed by atoms with Gasteiger partial charge in [-0.2, -0.15) is 15.0 Å². The van der Waals surface area contributed by atoms with Gasteiger partial charge in [0.15, 0.2) is 0 Å². The minimum atomic E-state index is 0.595. The summed E-state index contributed by atoms with van der Waals surface area (Å²) in [7, 11) is 5.65. The standard InChI is InChI=1S/C11H20N6/c1-12-9-14-10(13-7-6-8-4-5-8)16-11(15-9)17(2)3/h8H,4-7H2,1-3H3,(H2,12,13,14,15,16). The van der Waals surface area contributed by atoms with Gasteiger partial charge in [0.2, 0.25) is 17.8 Å². The third kappa shape index (κ3) is 3.44. The molecule has 0 atom stereocenters. The maximum absolute atomic E-state index is 4.35. The van der Waals surface area contributed by atoms with Crippen LogP contribution in [0.1, 0.15) is 19.3 Å². The van der Waals surface area contributed by atoms with Gasteiger partial charge in [-0.3, -0.25) is 0 Å². The van der Waals surface area contributed by atoms with Gasteiger partial charge in [0.25, 0.3) is 0 Å². The monoisotopic (exact) mass is 236 g/mol. The molecule has 94 valence electrons. The zero-order valence-corrected chi connectivity index (χ0v) is 10.7. The van der Waals surface area contributed by atoms with Crippen LogP contribution in [0.2, 0.25) is 0 Å². The molecular weight excluding hydrogens is 216 g/mol. The topological polar surface area (TPSA) is 66.0 Å². The summed E-state index contributed by atoms with van der Waals surface area (Å²) in [5, 5.41) is 6.20. The quantitative estimate of drug-likeness (QED) is 0.773. The Labute approximate surface area is 102 Å². The molecule has 1 aromatic rings.